The minimum atomic E-state index is -0.953. The molecule has 90 valence electrons. The molecular weight excluding hydrogens is 259 g/mol. The number of halogens is 2. The molecule has 0 spiro atoms. The lowest BCUT2D eigenvalue weighted by Crippen LogP contribution is -2.01. The number of aliphatic hydroxyl groups is 1. The van der Waals surface area contributed by atoms with Crippen LogP contribution in [0.15, 0.2) is 24.3 Å². The Hall–Kier alpha value is -0.900. The van der Waals surface area contributed by atoms with Crippen LogP contribution in [0.1, 0.15) is 27.7 Å². The van der Waals surface area contributed by atoms with Gasteiger partial charge in [-0.25, -0.2) is 4.39 Å². The second kappa shape index (κ2) is 4.77. The monoisotopic (exact) mass is 270 g/mol. The van der Waals surface area contributed by atoms with Crippen LogP contribution in [0, 0.1) is 19.7 Å². The molecular formula is C13H12ClFOS. The molecule has 2 rings (SSSR count). The van der Waals surface area contributed by atoms with E-state index in [1.165, 1.54) is 11.3 Å². The molecule has 1 unspecified atom stereocenters. The molecule has 0 saturated carbocycles. The van der Waals surface area contributed by atoms with Gasteiger partial charge in [-0.2, -0.15) is 0 Å². The van der Waals surface area contributed by atoms with Crippen LogP contribution in [0.5, 0.6) is 0 Å². The van der Waals surface area contributed by atoms with E-state index >= 15 is 0 Å². The maximum absolute atomic E-state index is 13.9. The third-order valence-corrected chi connectivity index (χ3v) is 4.27. The zero-order valence-electron chi connectivity index (χ0n) is 9.50. The lowest BCUT2D eigenvalue weighted by atomic mass is 10.0. The second-order valence-corrected chi connectivity index (χ2v) is 5.67. The summed E-state index contributed by atoms with van der Waals surface area (Å²) in [5, 5.41) is 10.1. The molecule has 0 radical (unpaired) electrons. The highest BCUT2D eigenvalue weighted by Crippen LogP contribution is 2.35. The van der Waals surface area contributed by atoms with E-state index < -0.39 is 6.10 Å². The van der Waals surface area contributed by atoms with Crippen molar-refractivity contribution in [3.63, 3.8) is 0 Å². The van der Waals surface area contributed by atoms with Crippen LogP contribution in [0.4, 0.5) is 4.39 Å². The number of hydrogen-bond donors (Lipinski definition) is 1. The lowest BCUT2D eigenvalue weighted by molar-refractivity contribution is 0.218. The smallest absolute Gasteiger partial charge is 0.132 e. The van der Waals surface area contributed by atoms with E-state index in [0.29, 0.717) is 20.3 Å². The van der Waals surface area contributed by atoms with Gasteiger partial charge < -0.3 is 5.11 Å². The van der Waals surface area contributed by atoms with E-state index in [0.717, 1.165) is 5.56 Å². The number of rotatable bonds is 2. The first-order chi connectivity index (χ1) is 8.00. The minimum absolute atomic E-state index is 0.294. The first-order valence-electron chi connectivity index (χ1n) is 5.19. The van der Waals surface area contributed by atoms with Gasteiger partial charge >= 0.3 is 0 Å². The molecule has 1 N–H and O–H groups in total. The third-order valence-electron chi connectivity index (χ3n) is 2.66. The van der Waals surface area contributed by atoms with Gasteiger partial charge in [0.1, 0.15) is 11.9 Å². The highest BCUT2D eigenvalue weighted by molar-refractivity contribution is 7.16. The summed E-state index contributed by atoms with van der Waals surface area (Å²) in [6.45, 7) is 3.54. The first-order valence-corrected chi connectivity index (χ1v) is 6.39. The van der Waals surface area contributed by atoms with Crippen LogP contribution in [-0.4, -0.2) is 5.11 Å². The van der Waals surface area contributed by atoms with Gasteiger partial charge in [0, 0.05) is 10.4 Å². The van der Waals surface area contributed by atoms with Gasteiger partial charge in [0.25, 0.3) is 0 Å². The summed E-state index contributed by atoms with van der Waals surface area (Å²) < 4.78 is 14.5. The molecule has 0 amide bonds. The SMILES string of the molecule is Cc1cc(C(O)c2cccc(C)c2F)sc1Cl. The van der Waals surface area contributed by atoms with Gasteiger partial charge in [-0.3, -0.25) is 0 Å². The average molecular weight is 271 g/mol. The normalized spacial score (nSPS) is 12.8. The van der Waals surface area contributed by atoms with Crippen molar-refractivity contribution in [2.24, 2.45) is 0 Å². The fraction of sp³-hybridized carbons (Fsp3) is 0.231. The maximum atomic E-state index is 13.9. The highest BCUT2D eigenvalue weighted by Gasteiger charge is 2.18. The van der Waals surface area contributed by atoms with Crippen LogP contribution >= 0.6 is 22.9 Å². The Morgan fingerprint density at radius 2 is 2.00 bits per heavy atom. The third kappa shape index (κ3) is 2.37. The average Bonchev–Trinajstić information content (AvgIpc) is 2.62. The van der Waals surface area contributed by atoms with Crippen molar-refractivity contribution in [3.8, 4) is 0 Å². The number of aryl methyl sites for hydroxylation is 2. The molecule has 4 heteroatoms. The maximum Gasteiger partial charge on any atom is 0.132 e. The molecule has 0 fully saturated rings. The van der Waals surface area contributed by atoms with Gasteiger partial charge in [0.05, 0.1) is 4.34 Å². The van der Waals surface area contributed by atoms with E-state index in [-0.39, 0.29) is 5.82 Å². The number of hydrogen-bond acceptors (Lipinski definition) is 2. The van der Waals surface area contributed by atoms with Crippen LogP contribution < -0.4 is 0 Å². The number of benzene rings is 1. The van der Waals surface area contributed by atoms with Crippen molar-refractivity contribution in [3.05, 3.63) is 56.0 Å². The van der Waals surface area contributed by atoms with E-state index in [2.05, 4.69) is 0 Å². The van der Waals surface area contributed by atoms with Gasteiger partial charge in [-0.15, -0.1) is 11.3 Å². The summed E-state index contributed by atoms with van der Waals surface area (Å²) in [6, 6.07) is 6.80. The van der Waals surface area contributed by atoms with Crippen molar-refractivity contribution >= 4 is 22.9 Å². The Morgan fingerprint density at radius 3 is 2.59 bits per heavy atom. The van der Waals surface area contributed by atoms with Crippen LogP contribution in [0.2, 0.25) is 4.34 Å². The predicted molar refractivity (Wildman–Crippen MR) is 69.3 cm³/mol. The molecule has 1 heterocycles. The van der Waals surface area contributed by atoms with Crippen LogP contribution in [0.3, 0.4) is 0 Å². The molecule has 2 aromatic rings. The Kier molecular flexibility index (Phi) is 3.52. The topological polar surface area (TPSA) is 20.2 Å². The lowest BCUT2D eigenvalue weighted by Gasteiger charge is -2.11. The molecule has 17 heavy (non-hydrogen) atoms. The molecule has 0 aliphatic carbocycles. The van der Waals surface area contributed by atoms with E-state index in [9.17, 15) is 9.50 Å². The van der Waals surface area contributed by atoms with E-state index in [1.54, 1.807) is 31.2 Å². The van der Waals surface area contributed by atoms with Crippen molar-refractivity contribution in [1.82, 2.24) is 0 Å². The summed E-state index contributed by atoms with van der Waals surface area (Å²) in [7, 11) is 0. The molecule has 1 atom stereocenters. The fourth-order valence-corrected chi connectivity index (χ4v) is 2.88. The molecule has 0 bridgehead atoms. The Morgan fingerprint density at radius 1 is 1.29 bits per heavy atom. The van der Waals surface area contributed by atoms with E-state index in [1.807, 2.05) is 6.92 Å². The zero-order chi connectivity index (χ0) is 12.6. The van der Waals surface area contributed by atoms with Crippen LogP contribution in [0.25, 0.3) is 0 Å². The van der Waals surface area contributed by atoms with Gasteiger partial charge in [0.2, 0.25) is 0 Å². The van der Waals surface area contributed by atoms with Crippen molar-refractivity contribution in [2.45, 2.75) is 20.0 Å². The van der Waals surface area contributed by atoms with Crippen LogP contribution in [-0.2, 0) is 0 Å². The zero-order valence-corrected chi connectivity index (χ0v) is 11.1. The quantitative estimate of drug-likeness (QED) is 0.865. The van der Waals surface area contributed by atoms with Gasteiger partial charge in [-0.1, -0.05) is 29.8 Å². The predicted octanol–water partition coefficient (Wildman–Crippen LogP) is 4.24. The molecule has 1 aromatic carbocycles. The van der Waals surface area contributed by atoms with Crippen molar-refractivity contribution in [1.29, 1.82) is 0 Å². The summed E-state index contributed by atoms with van der Waals surface area (Å²) in [5.41, 5.74) is 1.72. The van der Waals surface area contributed by atoms with E-state index in [4.69, 9.17) is 11.6 Å². The van der Waals surface area contributed by atoms with Crippen molar-refractivity contribution < 1.29 is 9.50 Å². The molecule has 0 aliphatic heterocycles. The summed E-state index contributed by atoms with van der Waals surface area (Å²) >= 11 is 7.23. The second-order valence-electron chi connectivity index (χ2n) is 3.99. The van der Waals surface area contributed by atoms with Crippen molar-refractivity contribution in [2.75, 3.05) is 0 Å². The van der Waals surface area contributed by atoms with Gasteiger partial charge in [0.15, 0.2) is 0 Å². The largest absolute Gasteiger partial charge is 0.383 e. The summed E-state index contributed by atoms with van der Waals surface area (Å²) in [5.74, 6) is -0.359. The highest BCUT2D eigenvalue weighted by atomic mass is 35.5. The molecule has 1 nitrogen and oxygen atoms in total. The summed E-state index contributed by atoms with van der Waals surface area (Å²) in [6.07, 6.45) is -0.953. The number of aliphatic hydroxyl groups excluding tert-OH is 1. The number of thiophene rings is 1. The first kappa shape index (κ1) is 12.6. The standard InChI is InChI=1S/C13H12ClFOS/c1-7-4-3-5-9(11(7)15)12(16)10-6-8(2)13(14)17-10/h3-6,12,16H,1-2H3. The minimum Gasteiger partial charge on any atom is -0.383 e. The molecule has 0 saturated heterocycles. The van der Waals surface area contributed by atoms with Gasteiger partial charge in [-0.05, 0) is 31.0 Å². The Bertz CT molecular complexity index is 531. The Balaban J connectivity index is 2.43. The summed E-state index contributed by atoms with van der Waals surface area (Å²) in [4.78, 5) is 0.664. The molecule has 1 aromatic heterocycles. The molecule has 0 aliphatic rings. The fourth-order valence-electron chi connectivity index (χ4n) is 1.65. The Labute approximate surface area is 108 Å².